The van der Waals surface area contributed by atoms with E-state index in [2.05, 4.69) is 32.9 Å². The number of benzene rings is 1. The zero-order valence-electron chi connectivity index (χ0n) is 10.8. The summed E-state index contributed by atoms with van der Waals surface area (Å²) >= 11 is 3.38. The van der Waals surface area contributed by atoms with Gasteiger partial charge in [0.15, 0.2) is 0 Å². The number of aliphatic hydroxyl groups excluding tert-OH is 1. The summed E-state index contributed by atoms with van der Waals surface area (Å²) in [6, 6.07) is 5.46. The molecule has 19 heavy (non-hydrogen) atoms. The Kier molecular flexibility index (Phi) is 4.55. The van der Waals surface area contributed by atoms with E-state index in [1.54, 1.807) is 6.07 Å². The quantitative estimate of drug-likeness (QED) is 0.827. The van der Waals surface area contributed by atoms with E-state index >= 15 is 0 Å². The van der Waals surface area contributed by atoms with Crippen molar-refractivity contribution in [2.24, 2.45) is 0 Å². The van der Waals surface area contributed by atoms with Crippen molar-refractivity contribution in [2.75, 3.05) is 5.73 Å². The van der Waals surface area contributed by atoms with Gasteiger partial charge >= 0.3 is 0 Å². The summed E-state index contributed by atoms with van der Waals surface area (Å²) in [5, 5.41) is 14.5. The molecule has 2 aromatic rings. The molecule has 1 unspecified atom stereocenters. The van der Waals surface area contributed by atoms with Gasteiger partial charge in [-0.25, -0.2) is 4.98 Å². The molecule has 1 aromatic carbocycles. The predicted octanol–water partition coefficient (Wildman–Crippen LogP) is 2.31. The van der Waals surface area contributed by atoms with Crippen molar-refractivity contribution in [3.05, 3.63) is 40.4 Å². The number of anilines is 1. The fraction of sp³-hybridized carbons (Fsp3) is 0.385. The summed E-state index contributed by atoms with van der Waals surface area (Å²) < 4.78 is 2.71. The second-order valence-corrected chi connectivity index (χ2v) is 5.31. The number of rotatable bonds is 5. The molecule has 102 valence electrons. The van der Waals surface area contributed by atoms with Crippen LogP contribution in [-0.2, 0) is 13.0 Å². The first-order valence-corrected chi connectivity index (χ1v) is 7.00. The third-order valence-corrected chi connectivity index (χ3v) is 3.41. The van der Waals surface area contributed by atoms with Crippen molar-refractivity contribution >= 4 is 21.6 Å². The van der Waals surface area contributed by atoms with Crippen LogP contribution >= 0.6 is 15.9 Å². The lowest BCUT2D eigenvalue weighted by Gasteiger charge is -2.14. The lowest BCUT2D eigenvalue weighted by atomic mass is 10.0. The predicted molar refractivity (Wildman–Crippen MR) is 77.5 cm³/mol. The molecule has 2 rings (SSSR count). The fourth-order valence-electron chi connectivity index (χ4n) is 1.96. The molecule has 0 aliphatic heterocycles. The molecule has 0 spiro atoms. The van der Waals surface area contributed by atoms with Gasteiger partial charge in [0.25, 0.3) is 0 Å². The second kappa shape index (κ2) is 6.16. The largest absolute Gasteiger partial charge is 0.398 e. The fourth-order valence-corrected chi connectivity index (χ4v) is 2.34. The van der Waals surface area contributed by atoms with Crippen LogP contribution in [0.25, 0.3) is 0 Å². The first kappa shape index (κ1) is 14.0. The lowest BCUT2D eigenvalue weighted by molar-refractivity contribution is 0.174. The summed E-state index contributed by atoms with van der Waals surface area (Å²) in [5.74, 6) is 0.772. The number of nitrogens with two attached hydrogens (primary N) is 1. The Morgan fingerprint density at radius 2 is 2.26 bits per heavy atom. The van der Waals surface area contributed by atoms with Crippen molar-refractivity contribution in [2.45, 2.75) is 32.4 Å². The van der Waals surface area contributed by atoms with Gasteiger partial charge in [0.1, 0.15) is 12.2 Å². The van der Waals surface area contributed by atoms with Crippen molar-refractivity contribution < 1.29 is 5.11 Å². The molecule has 0 fully saturated rings. The molecule has 0 saturated carbocycles. The average Bonchev–Trinajstić information content (AvgIpc) is 2.80. The molecule has 5 nitrogen and oxygen atoms in total. The summed E-state index contributed by atoms with van der Waals surface area (Å²) in [6.07, 6.45) is 2.21. The number of aromatic nitrogens is 3. The minimum atomic E-state index is -0.683. The topological polar surface area (TPSA) is 77.0 Å². The Labute approximate surface area is 120 Å². The van der Waals surface area contributed by atoms with Crippen LogP contribution < -0.4 is 5.73 Å². The minimum Gasteiger partial charge on any atom is -0.398 e. The van der Waals surface area contributed by atoms with E-state index in [1.165, 1.54) is 6.33 Å². The van der Waals surface area contributed by atoms with Gasteiger partial charge in [-0.3, -0.25) is 4.68 Å². The number of nitrogen functional groups attached to an aromatic ring is 1. The minimum absolute atomic E-state index is 0.403. The van der Waals surface area contributed by atoms with E-state index in [1.807, 2.05) is 16.8 Å². The van der Waals surface area contributed by atoms with E-state index in [4.69, 9.17) is 5.73 Å². The molecule has 0 amide bonds. The molecule has 1 aromatic heterocycles. The Hall–Kier alpha value is -1.40. The van der Waals surface area contributed by atoms with E-state index < -0.39 is 6.10 Å². The molecule has 6 heteroatoms. The summed E-state index contributed by atoms with van der Waals surface area (Å²) in [5.41, 5.74) is 7.18. The number of hydrogen-bond donors (Lipinski definition) is 2. The normalized spacial score (nSPS) is 12.6. The number of nitrogens with zero attached hydrogens (tertiary/aromatic N) is 3. The highest BCUT2D eigenvalue weighted by Crippen LogP contribution is 2.26. The van der Waals surface area contributed by atoms with Crippen LogP contribution in [0.15, 0.2) is 29.0 Å². The summed E-state index contributed by atoms with van der Waals surface area (Å²) in [7, 11) is 0. The standard InChI is InChI=1S/C13H17BrN4O/c1-2-5-18-13(16-8-17-18)7-12(19)10-6-9(14)3-4-11(10)15/h3-4,6,8,12,19H,2,5,7,15H2,1H3. The number of aliphatic hydroxyl groups is 1. The van der Waals surface area contributed by atoms with E-state index in [9.17, 15) is 5.11 Å². The molecule has 0 saturated heterocycles. The highest BCUT2D eigenvalue weighted by Gasteiger charge is 2.15. The van der Waals surface area contributed by atoms with Gasteiger partial charge < -0.3 is 10.8 Å². The molecular formula is C13H17BrN4O. The van der Waals surface area contributed by atoms with Crippen LogP contribution in [0.4, 0.5) is 5.69 Å². The molecule has 0 aliphatic carbocycles. The van der Waals surface area contributed by atoms with Crippen LogP contribution in [0.1, 0.15) is 30.8 Å². The first-order valence-electron chi connectivity index (χ1n) is 6.21. The van der Waals surface area contributed by atoms with E-state index in [0.29, 0.717) is 17.7 Å². The Balaban J connectivity index is 2.18. The smallest absolute Gasteiger partial charge is 0.138 e. The molecule has 0 bridgehead atoms. The monoisotopic (exact) mass is 324 g/mol. The third kappa shape index (κ3) is 3.33. The molecule has 0 radical (unpaired) electrons. The molecule has 1 heterocycles. The second-order valence-electron chi connectivity index (χ2n) is 4.39. The Bertz CT molecular complexity index is 555. The first-order chi connectivity index (χ1) is 9.11. The van der Waals surface area contributed by atoms with E-state index in [0.717, 1.165) is 23.3 Å². The van der Waals surface area contributed by atoms with Gasteiger partial charge in [0.05, 0.1) is 6.10 Å². The number of aryl methyl sites for hydroxylation is 1. The van der Waals surface area contributed by atoms with Crippen LogP contribution in [0.3, 0.4) is 0 Å². The summed E-state index contributed by atoms with van der Waals surface area (Å²) in [4.78, 5) is 4.19. The van der Waals surface area contributed by atoms with E-state index in [-0.39, 0.29) is 0 Å². The van der Waals surface area contributed by atoms with Crippen molar-refractivity contribution in [1.82, 2.24) is 14.8 Å². The van der Waals surface area contributed by atoms with Gasteiger partial charge in [-0.1, -0.05) is 22.9 Å². The van der Waals surface area contributed by atoms with Gasteiger partial charge in [0, 0.05) is 28.7 Å². The molecular weight excluding hydrogens is 308 g/mol. The van der Waals surface area contributed by atoms with Crippen LogP contribution in [-0.4, -0.2) is 19.9 Å². The van der Waals surface area contributed by atoms with Gasteiger partial charge in [-0.2, -0.15) is 5.10 Å². The van der Waals surface area contributed by atoms with Crippen molar-refractivity contribution in [3.8, 4) is 0 Å². The SMILES string of the molecule is CCCn1ncnc1CC(O)c1cc(Br)ccc1N. The summed E-state index contributed by atoms with van der Waals surface area (Å²) in [6.45, 7) is 2.88. The zero-order valence-corrected chi connectivity index (χ0v) is 12.3. The number of halogens is 1. The average molecular weight is 325 g/mol. The lowest BCUT2D eigenvalue weighted by Crippen LogP contribution is -2.11. The maximum Gasteiger partial charge on any atom is 0.138 e. The van der Waals surface area contributed by atoms with Crippen LogP contribution in [0, 0.1) is 0 Å². The van der Waals surface area contributed by atoms with Gasteiger partial charge in [-0.05, 0) is 24.6 Å². The third-order valence-electron chi connectivity index (χ3n) is 2.91. The maximum atomic E-state index is 10.3. The van der Waals surface area contributed by atoms with Gasteiger partial charge in [0.2, 0.25) is 0 Å². The highest BCUT2D eigenvalue weighted by atomic mass is 79.9. The van der Waals surface area contributed by atoms with Crippen molar-refractivity contribution in [3.63, 3.8) is 0 Å². The Morgan fingerprint density at radius 1 is 1.47 bits per heavy atom. The van der Waals surface area contributed by atoms with Crippen LogP contribution in [0.5, 0.6) is 0 Å². The maximum absolute atomic E-state index is 10.3. The highest BCUT2D eigenvalue weighted by molar-refractivity contribution is 9.10. The number of hydrogen-bond acceptors (Lipinski definition) is 4. The van der Waals surface area contributed by atoms with Crippen molar-refractivity contribution in [1.29, 1.82) is 0 Å². The molecule has 3 N–H and O–H groups in total. The zero-order chi connectivity index (χ0) is 13.8. The molecule has 0 aliphatic rings. The molecule has 1 atom stereocenters. The Morgan fingerprint density at radius 3 is 3.00 bits per heavy atom. The van der Waals surface area contributed by atoms with Crippen LogP contribution in [0.2, 0.25) is 0 Å². The van der Waals surface area contributed by atoms with Gasteiger partial charge in [-0.15, -0.1) is 0 Å².